The van der Waals surface area contributed by atoms with Crippen LogP contribution in [0, 0.1) is 0 Å². The fourth-order valence-electron chi connectivity index (χ4n) is 2.25. The van der Waals surface area contributed by atoms with E-state index in [2.05, 4.69) is 10.3 Å². The maximum Gasteiger partial charge on any atom is 0.311 e. The van der Waals surface area contributed by atoms with Crippen molar-refractivity contribution in [3.63, 3.8) is 0 Å². The summed E-state index contributed by atoms with van der Waals surface area (Å²) in [5.74, 6) is -0.180. The van der Waals surface area contributed by atoms with E-state index >= 15 is 0 Å². The Labute approximate surface area is 143 Å². The average Bonchev–Trinajstić information content (AvgIpc) is 3.12. The SMILES string of the molecule is COc1ccc(-c2cnc(C(=O)Nc3ccccc3C(N)=O)o2)cc1. The van der Waals surface area contributed by atoms with Gasteiger partial charge >= 0.3 is 5.91 Å². The lowest BCUT2D eigenvalue weighted by Crippen LogP contribution is -2.18. The van der Waals surface area contributed by atoms with Gasteiger partial charge in [0.2, 0.25) is 0 Å². The third-order valence-electron chi connectivity index (χ3n) is 3.52. The molecule has 0 aliphatic rings. The maximum absolute atomic E-state index is 12.3. The van der Waals surface area contributed by atoms with Crippen molar-refractivity contribution in [1.82, 2.24) is 4.98 Å². The lowest BCUT2D eigenvalue weighted by atomic mass is 10.1. The van der Waals surface area contributed by atoms with Crippen molar-refractivity contribution in [3.8, 4) is 17.1 Å². The summed E-state index contributed by atoms with van der Waals surface area (Å²) in [6.07, 6.45) is 1.46. The predicted octanol–water partition coefficient (Wildman–Crippen LogP) is 2.70. The Hall–Kier alpha value is -3.61. The van der Waals surface area contributed by atoms with E-state index in [-0.39, 0.29) is 11.5 Å². The molecule has 0 unspecified atom stereocenters. The molecule has 0 radical (unpaired) electrons. The fraction of sp³-hybridized carbons (Fsp3) is 0.0556. The lowest BCUT2D eigenvalue weighted by molar-refractivity contribution is 0.0991. The number of rotatable bonds is 5. The van der Waals surface area contributed by atoms with E-state index in [9.17, 15) is 9.59 Å². The van der Waals surface area contributed by atoms with E-state index in [1.54, 1.807) is 49.6 Å². The molecule has 0 saturated carbocycles. The summed E-state index contributed by atoms with van der Waals surface area (Å²) in [4.78, 5) is 27.7. The van der Waals surface area contributed by atoms with E-state index in [1.165, 1.54) is 12.3 Å². The van der Waals surface area contributed by atoms with Crippen LogP contribution in [0.4, 0.5) is 5.69 Å². The van der Waals surface area contributed by atoms with Gasteiger partial charge in [0.05, 0.1) is 24.6 Å². The number of amides is 2. The van der Waals surface area contributed by atoms with Gasteiger partial charge in [0.1, 0.15) is 5.75 Å². The molecule has 2 amide bonds. The van der Waals surface area contributed by atoms with Crippen LogP contribution < -0.4 is 15.8 Å². The summed E-state index contributed by atoms with van der Waals surface area (Å²) < 4.78 is 10.6. The molecule has 3 aromatic rings. The van der Waals surface area contributed by atoms with Crippen LogP contribution in [0.2, 0.25) is 0 Å². The number of ether oxygens (including phenoxy) is 1. The largest absolute Gasteiger partial charge is 0.497 e. The quantitative estimate of drug-likeness (QED) is 0.744. The number of benzene rings is 2. The smallest absolute Gasteiger partial charge is 0.311 e. The molecule has 3 rings (SSSR count). The molecular formula is C18H15N3O4. The van der Waals surface area contributed by atoms with Gasteiger partial charge < -0.3 is 20.2 Å². The number of primary amides is 1. The number of nitrogens with two attached hydrogens (primary N) is 1. The number of hydrogen-bond donors (Lipinski definition) is 2. The standard InChI is InChI=1S/C18H15N3O4/c1-24-12-8-6-11(7-9-12)15-10-20-18(25-15)17(23)21-14-5-3-2-4-13(14)16(19)22/h2-10H,1H3,(H2,19,22)(H,21,23). The van der Waals surface area contributed by atoms with Gasteiger partial charge in [-0.15, -0.1) is 0 Å². The van der Waals surface area contributed by atoms with Crippen LogP contribution in [0.15, 0.2) is 59.1 Å². The van der Waals surface area contributed by atoms with Crippen LogP contribution in [0.25, 0.3) is 11.3 Å². The van der Waals surface area contributed by atoms with E-state index in [1.807, 2.05) is 0 Å². The molecular weight excluding hydrogens is 322 g/mol. The second-order valence-corrected chi connectivity index (χ2v) is 5.12. The summed E-state index contributed by atoms with van der Waals surface area (Å²) in [5.41, 5.74) is 6.55. The van der Waals surface area contributed by atoms with E-state index < -0.39 is 11.8 Å². The number of carbonyl (C=O) groups is 2. The summed E-state index contributed by atoms with van der Waals surface area (Å²) in [6, 6.07) is 13.6. The number of aromatic nitrogens is 1. The van der Waals surface area contributed by atoms with Gasteiger partial charge in [0, 0.05) is 5.56 Å². The number of carbonyl (C=O) groups excluding carboxylic acids is 2. The number of oxazole rings is 1. The van der Waals surface area contributed by atoms with Gasteiger partial charge in [-0.05, 0) is 36.4 Å². The minimum Gasteiger partial charge on any atom is -0.497 e. The molecule has 7 nitrogen and oxygen atoms in total. The summed E-state index contributed by atoms with van der Waals surface area (Å²) in [7, 11) is 1.58. The molecule has 0 bridgehead atoms. The molecule has 0 aliphatic heterocycles. The second kappa shape index (κ2) is 6.88. The number of methoxy groups -OCH3 is 1. The zero-order valence-corrected chi connectivity index (χ0v) is 13.4. The van der Waals surface area contributed by atoms with E-state index in [0.717, 1.165) is 5.56 Å². The Morgan fingerprint density at radius 3 is 2.52 bits per heavy atom. The Kier molecular flexibility index (Phi) is 4.47. The van der Waals surface area contributed by atoms with Gasteiger partial charge in [-0.3, -0.25) is 9.59 Å². The minimum atomic E-state index is -0.637. The monoisotopic (exact) mass is 337 g/mol. The Morgan fingerprint density at radius 2 is 1.84 bits per heavy atom. The molecule has 0 atom stereocenters. The molecule has 0 spiro atoms. The predicted molar refractivity (Wildman–Crippen MR) is 91.4 cm³/mol. The van der Waals surface area contributed by atoms with Crippen LogP contribution in [-0.2, 0) is 0 Å². The number of nitrogens with one attached hydrogen (secondary N) is 1. The summed E-state index contributed by atoms with van der Waals surface area (Å²) >= 11 is 0. The molecule has 2 aromatic carbocycles. The summed E-state index contributed by atoms with van der Waals surface area (Å²) in [5, 5.41) is 2.58. The highest BCUT2D eigenvalue weighted by atomic mass is 16.5. The fourth-order valence-corrected chi connectivity index (χ4v) is 2.25. The van der Waals surface area contributed by atoms with Gasteiger partial charge in [0.25, 0.3) is 11.8 Å². The first kappa shape index (κ1) is 16.3. The zero-order valence-electron chi connectivity index (χ0n) is 13.4. The summed E-state index contributed by atoms with van der Waals surface area (Å²) in [6.45, 7) is 0. The number of para-hydroxylation sites is 1. The molecule has 3 N–H and O–H groups in total. The number of nitrogens with zero attached hydrogens (tertiary/aromatic N) is 1. The maximum atomic E-state index is 12.3. The van der Waals surface area contributed by atoms with Crippen LogP contribution in [0.3, 0.4) is 0 Å². The normalized spacial score (nSPS) is 10.3. The van der Waals surface area contributed by atoms with Gasteiger partial charge in [-0.2, -0.15) is 0 Å². The zero-order chi connectivity index (χ0) is 17.8. The number of anilines is 1. The molecule has 7 heteroatoms. The van der Waals surface area contributed by atoms with Gasteiger partial charge in [-0.25, -0.2) is 4.98 Å². The van der Waals surface area contributed by atoms with Crippen molar-refractivity contribution >= 4 is 17.5 Å². The molecule has 0 fully saturated rings. The number of hydrogen-bond acceptors (Lipinski definition) is 5. The van der Waals surface area contributed by atoms with Gasteiger partial charge in [0.15, 0.2) is 5.76 Å². The molecule has 0 aliphatic carbocycles. The molecule has 0 saturated heterocycles. The van der Waals surface area contributed by atoms with Crippen molar-refractivity contribution in [3.05, 3.63) is 66.2 Å². The highest BCUT2D eigenvalue weighted by Crippen LogP contribution is 2.23. The molecule has 126 valence electrons. The van der Waals surface area contributed by atoms with Crippen molar-refractivity contribution in [2.24, 2.45) is 5.73 Å². The first-order valence-corrected chi connectivity index (χ1v) is 7.39. The van der Waals surface area contributed by atoms with E-state index in [0.29, 0.717) is 17.2 Å². The van der Waals surface area contributed by atoms with Crippen LogP contribution in [-0.4, -0.2) is 23.9 Å². The first-order valence-electron chi connectivity index (χ1n) is 7.39. The molecule has 1 aromatic heterocycles. The third kappa shape index (κ3) is 3.50. The molecule has 25 heavy (non-hydrogen) atoms. The van der Waals surface area contributed by atoms with Crippen LogP contribution >= 0.6 is 0 Å². The first-order chi connectivity index (χ1) is 12.1. The van der Waals surface area contributed by atoms with Crippen molar-refractivity contribution < 1.29 is 18.7 Å². The van der Waals surface area contributed by atoms with E-state index in [4.69, 9.17) is 14.9 Å². The Morgan fingerprint density at radius 1 is 1.12 bits per heavy atom. The van der Waals surface area contributed by atoms with Crippen LogP contribution in [0.1, 0.15) is 21.0 Å². The van der Waals surface area contributed by atoms with Crippen LogP contribution in [0.5, 0.6) is 5.75 Å². The second-order valence-electron chi connectivity index (χ2n) is 5.12. The third-order valence-corrected chi connectivity index (χ3v) is 3.52. The highest BCUT2D eigenvalue weighted by molar-refractivity contribution is 6.06. The topological polar surface area (TPSA) is 107 Å². The minimum absolute atomic E-state index is 0.120. The molecule has 1 heterocycles. The van der Waals surface area contributed by atoms with Crippen molar-refractivity contribution in [1.29, 1.82) is 0 Å². The lowest BCUT2D eigenvalue weighted by Gasteiger charge is -2.06. The highest BCUT2D eigenvalue weighted by Gasteiger charge is 2.17. The Balaban J connectivity index is 1.80. The van der Waals surface area contributed by atoms with Crippen molar-refractivity contribution in [2.75, 3.05) is 12.4 Å². The van der Waals surface area contributed by atoms with Crippen molar-refractivity contribution in [2.45, 2.75) is 0 Å². The van der Waals surface area contributed by atoms with Gasteiger partial charge in [-0.1, -0.05) is 12.1 Å². The Bertz CT molecular complexity index is 916. The average molecular weight is 337 g/mol.